The zero-order valence-electron chi connectivity index (χ0n) is 18.9. The van der Waals surface area contributed by atoms with E-state index in [1.54, 1.807) is 35.2 Å². The van der Waals surface area contributed by atoms with Crippen LogP contribution in [-0.2, 0) is 11.3 Å². The molecule has 176 valence electrons. The van der Waals surface area contributed by atoms with Gasteiger partial charge in [0, 0.05) is 44.4 Å². The highest BCUT2D eigenvalue weighted by atomic mass is 19.1. The number of rotatable bonds is 6. The number of amides is 2. The van der Waals surface area contributed by atoms with Crippen molar-refractivity contribution in [2.45, 2.75) is 19.9 Å². The maximum atomic E-state index is 14.0. The third kappa shape index (κ3) is 5.48. The van der Waals surface area contributed by atoms with Gasteiger partial charge in [-0.25, -0.2) is 9.07 Å². The summed E-state index contributed by atoms with van der Waals surface area (Å²) in [5.41, 5.74) is 1.93. The molecule has 34 heavy (non-hydrogen) atoms. The van der Waals surface area contributed by atoms with Gasteiger partial charge in [-0.05, 0) is 37.3 Å². The molecule has 0 saturated carbocycles. The predicted molar refractivity (Wildman–Crippen MR) is 127 cm³/mol. The second-order valence-electron chi connectivity index (χ2n) is 8.17. The highest BCUT2D eigenvalue weighted by molar-refractivity contribution is 6.02. The first-order valence-electron chi connectivity index (χ1n) is 11.1. The first-order chi connectivity index (χ1) is 16.4. The summed E-state index contributed by atoms with van der Waals surface area (Å²) in [4.78, 5) is 41.1. The van der Waals surface area contributed by atoms with E-state index in [-0.39, 0.29) is 35.9 Å². The van der Waals surface area contributed by atoms with Crippen LogP contribution in [0.25, 0.3) is 0 Å². The fourth-order valence-electron chi connectivity index (χ4n) is 3.83. The van der Waals surface area contributed by atoms with Crippen molar-refractivity contribution in [3.05, 3.63) is 88.1 Å². The van der Waals surface area contributed by atoms with Crippen LogP contribution in [0.5, 0.6) is 0 Å². The van der Waals surface area contributed by atoms with Crippen molar-refractivity contribution in [3.63, 3.8) is 0 Å². The number of carbonyl (C=O) groups excluding carboxylic acids is 2. The highest BCUT2D eigenvalue weighted by Gasteiger charge is 2.22. The van der Waals surface area contributed by atoms with E-state index in [0.29, 0.717) is 37.6 Å². The summed E-state index contributed by atoms with van der Waals surface area (Å²) in [5, 5.41) is 6.88. The van der Waals surface area contributed by atoms with Crippen LogP contribution in [0.3, 0.4) is 0 Å². The van der Waals surface area contributed by atoms with E-state index in [4.69, 9.17) is 0 Å². The predicted octanol–water partition coefficient (Wildman–Crippen LogP) is 2.68. The zero-order valence-corrected chi connectivity index (χ0v) is 18.9. The van der Waals surface area contributed by atoms with Crippen LogP contribution in [-0.4, -0.2) is 52.7 Å². The monoisotopic (exact) mass is 463 g/mol. The number of halogens is 1. The van der Waals surface area contributed by atoms with Crippen LogP contribution >= 0.6 is 0 Å². The van der Waals surface area contributed by atoms with Gasteiger partial charge in [-0.3, -0.25) is 14.4 Å². The van der Waals surface area contributed by atoms with Crippen LogP contribution in [0.4, 0.5) is 15.8 Å². The zero-order chi connectivity index (χ0) is 24.1. The van der Waals surface area contributed by atoms with Crippen LogP contribution < -0.4 is 15.8 Å². The summed E-state index contributed by atoms with van der Waals surface area (Å²) in [6.07, 6.45) is 0.0790. The minimum absolute atomic E-state index is 0.0663. The first-order valence-corrected chi connectivity index (χ1v) is 11.1. The number of hydrogen-bond acceptors (Lipinski definition) is 5. The summed E-state index contributed by atoms with van der Waals surface area (Å²) in [5.74, 6) is -0.830. The quantitative estimate of drug-likeness (QED) is 0.607. The molecule has 9 heteroatoms. The van der Waals surface area contributed by atoms with Crippen molar-refractivity contribution in [1.82, 2.24) is 14.7 Å². The maximum absolute atomic E-state index is 14.0. The van der Waals surface area contributed by atoms with Crippen molar-refractivity contribution >= 4 is 23.2 Å². The molecule has 8 nitrogen and oxygen atoms in total. The molecular formula is C25H26FN5O3. The summed E-state index contributed by atoms with van der Waals surface area (Å²) < 4.78 is 15.2. The van der Waals surface area contributed by atoms with E-state index < -0.39 is 5.91 Å². The lowest BCUT2D eigenvalue weighted by molar-refractivity contribution is -0.131. The molecular weight excluding hydrogens is 437 g/mol. The van der Waals surface area contributed by atoms with Gasteiger partial charge >= 0.3 is 0 Å². The molecule has 0 atom stereocenters. The fourth-order valence-corrected chi connectivity index (χ4v) is 3.83. The van der Waals surface area contributed by atoms with Gasteiger partial charge in [-0.1, -0.05) is 29.8 Å². The van der Waals surface area contributed by atoms with Crippen molar-refractivity contribution in [2.75, 3.05) is 36.4 Å². The van der Waals surface area contributed by atoms with E-state index in [0.717, 1.165) is 10.2 Å². The molecule has 2 amide bonds. The smallest absolute Gasteiger partial charge is 0.276 e. The molecule has 1 aromatic heterocycles. The second-order valence-corrected chi connectivity index (χ2v) is 8.17. The molecule has 2 aromatic carbocycles. The number of aryl methyl sites for hydroxylation is 2. The number of benzene rings is 2. The van der Waals surface area contributed by atoms with E-state index in [1.165, 1.54) is 18.2 Å². The molecule has 1 fully saturated rings. The number of aromatic nitrogens is 2. The molecule has 0 unspecified atom stereocenters. The average molecular weight is 464 g/mol. The van der Waals surface area contributed by atoms with E-state index in [1.807, 2.05) is 24.0 Å². The number of hydrogen-bond donors (Lipinski definition) is 1. The Balaban J connectivity index is 1.33. The van der Waals surface area contributed by atoms with Gasteiger partial charge in [0.1, 0.15) is 11.5 Å². The molecule has 1 N–H and O–H groups in total. The maximum Gasteiger partial charge on any atom is 0.276 e. The largest absolute Gasteiger partial charge is 0.366 e. The Labute approximate surface area is 196 Å². The lowest BCUT2D eigenvalue weighted by Crippen LogP contribution is -2.49. The minimum Gasteiger partial charge on any atom is -0.366 e. The van der Waals surface area contributed by atoms with Crippen molar-refractivity contribution in [3.8, 4) is 0 Å². The lowest BCUT2D eigenvalue weighted by atomic mass is 10.2. The van der Waals surface area contributed by atoms with Gasteiger partial charge in [-0.15, -0.1) is 0 Å². The normalized spacial score (nSPS) is 13.6. The standard InChI is InChI=1S/C25H26FN5O3/c1-18-6-8-19(9-7-18)27-25(34)21-10-11-24(33)31(28-21)13-12-23(32)30-16-14-29(15-17-30)22-5-3-2-4-20(22)26/h2-11H,12-17H2,1H3,(H,27,34). The number of piperazine rings is 1. The molecule has 4 rings (SSSR count). The fraction of sp³-hybridized carbons (Fsp3) is 0.280. The Morgan fingerprint density at radius 1 is 0.971 bits per heavy atom. The molecule has 3 aromatic rings. The van der Waals surface area contributed by atoms with Crippen LogP contribution in [0.2, 0.25) is 0 Å². The molecule has 0 bridgehead atoms. The molecule has 1 aliphatic heterocycles. The second kappa shape index (κ2) is 10.3. The molecule has 0 radical (unpaired) electrons. The summed E-state index contributed by atoms with van der Waals surface area (Å²) in [6, 6.07) is 16.6. The summed E-state index contributed by atoms with van der Waals surface area (Å²) in [6.45, 7) is 4.01. The van der Waals surface area contributed by atoms with Crippen LogP contribution in [0, 0.1) is 12.7 Å². The topological polar surface area (TPSA) is 87.5 Å². The van der Waals surface area contributed by atoms with Gasteiger partial charge in [0.25, 0.3) is 11.5 Å². The lowest BCUT2D eigenvalue weighted by Gasteiger charge is -2.36. The number of anilines is 2. The molecule has 0 spiro atoms. The molecule has 1 aliphatic rings. The Kier molecular flexibility index (Phi) is 7.01. The van der Waals surface area contributed by atoms with Gasteiger partial charge in [0.15, 0.2) is 0 Å². The third-order valence-electron chi connectivity index (χ3n) is 5.77. The van der Waals surface area contributed by atoms with Gasteiger partial charge in [0.2, 0.25) is 5.91 Å². The van der Waals surface area contributed by atoms with E-state index in [2.05, 4.69) is 10.4 Å². The van der Waals surface area contributed by atoms with E-state index >= 15 is 0 Å². The summed E-state index contributed by atoms with van der Waals surface area (Å²) >= 11 is 0. The van der Waals surface area contributed by atoms with Crippen molar-refractivity contribution in [2.24, 2.45) is 0 Å². The first kappa shape index (κ1) is 23.2. The van der Waals surface area contributed by atoms with Gasteiger partial charge in [0.05, 0.1) is 12.2 Å². The van der Waals surface area contributed by atoms with Gasteiger partial charge in [-0.2, -0.15) is 5.10 Å². The van der Waals surface area contributed by atoms with Crippen molar-refractivity contribution < 1.29 is 14.0 Å². The Bertz CT molecular complexity index is 1230. The van der Waals surface area contributed by atoms with Gasteiger partial charge < -0.3 is 15.1 Å². The Hall–Kier alpha value is -4.01. The molecule has 0 aliphatic carbocycles. The Morgan fingerprint density at radius 2 is 1.68 bits per heavy atom. The molecule has 2 heterocycles. The average Bonchev–Trinajstić information content (AvgIpc) is 2.85. The Morgan fingerprint density at radius 3 is 2.38 bits per heavy atom. The number of nitrogens with one attached hydrogen (secondary N) is 1. The SMILES string of the molecule is Cc1ccc(NC(=O)c2ccc(=O)n(CCC(=O)N3CCN(c4ccccc4F)CC3)n2)cc1. The van der Waals surface area contributed by atoms with Crippen molar-refractivity contribution in [1.29, 1.82) is 0 Å². The number of nitrogens with zero attached hydrogens (tertiary/aromatic N) is 4. The number of carbonyl (C=O) groups is 2. The van der Waals surface area contributed by atoms with Crippen LogP contribution in [0.1, 0.15) is 22.5 Å². The van der Waals surface area contributed by atoms with E-state index in [9.17, 15) is 18.8 Å². The highest BCUT2D eigenvalue weighted by Crippen LogP contribution is 2.20. The van der Waals surface area contributed by atoms with Crippen LogP contribution in [0.15, 0.2) is 65.5 Å². The summed E-state index contributed by atoms with van der Waals surface area (Å²) in [7, 11) is 0. The molecule has 1 saturated heterocycles. The minimum atomic E-state index is -0.437. The number of para-hydroxylation sites is 1. The third-order valence-corrected chi connectivity index (χ3v) is 5.77.